The van der Waals surface area contributed by atoms with Crippen molar-refractivity contribution in [2.24, 2.45) is 0 Å². The van der Waals surface area contributed by atoms with Gasteiger partial charge >= 0.3 is 0 Å². The highest BCUT2D eigenvalue weighted by atomic mass is 35.5. The van der Waals surface area contributed by atoms with Crippen LogP contribution in [0, 0.1) is 0 Å². The number of fused-ring (bicyclic) bond motifs is 1. The van der Waals surface area contributed by atoms with Crippen LogP contribution in [0.2, 0.25) is 5.02 Å². The summed E-state index contributed by atoms with van der Waals surface area (Å²) in [6.07, 6.45) is 1.71. The van der Waals surface area contributed by atoms with Gasteiger partial charge in [0.05, 0.1) is 28.3 Å². The normalized spacial score (nSPS) is 11.7. The molecule has 2 aromatic carbocycles. The molecular weight excluding hydrogens is 422 g/mol. The minimum atomic E-state index is -3.89. The summed E-state index contributed by atoms with van der Waals surface area (Å²) in [5.41, 5.74) is 0.582. The van der Waals surface area contributed by atoms with Crippen molar-refractivity contribution < 1.29 is 17.9 Å². The Morgan fingerprint density at radius 3 is 2.75 bits per heavy atom. The number of carbonyl (C=O) groups is 1. The van der Waals surface area contributed by atoms with E-state index in [0.717, 1.165) is 14.4 Å². The van der Waals surface area contributed by atoms with E-state index >= 15 is 0 Å². The molecule has 0 unspecified atom stereocenters. The fraction of sp³-hybridized carbons (Fsp3) is 0.222. The highest BCUT2D eigenvalue weighted by Crippen LogP contribution is 2.28. The van der Waals surface area contributed by atoms with Gasteiger partial charge in [-0.05, 0) is 47.9 Å². The first-order chi connectivity index (χ1) is 13.3. The van der Waals surface area contributed by atoms with Gasteiger partial charge in [-0.15, -0.1) is 0 Å². The van der Waals surface area contributed by atoms with Gasteiger partial charge in [-0.3, -0.25) is 4.79 Å². The molecule has 1 amide bonds. The third kappa shape index (κ3) is 4.27. The lowest BCUT2D eigenvalue weighted by Crippen LogP contribution is -2.37. The van der Waals surface area contributed by atoms with Crippen molar-refractivity contribution in [2.45, 2.75) is 11.8 Å². The number of aromatic nitrogens is 1. The molecule has 0 radical (unpaired) electrons. The summed E-state index contributed by atoms with van der Waals surface area (Å²) in [5.74, 6) is -0.0627. The zero-order chi connectivity index (χ0) is 20.3. The zero-order valence-corrected chi connectivity index (χ0v) is 17.6. The Kier molecular flexibility index (Phi) is 6.19. The number of likely N-dealkylation sites (N-methyl/N-ethyl adjacent to an activating group) is 1. The third-order valence-electron chi connectivity index (χ3n) is 4.07. The van der Waals surface area contributed by atoms with Gasteiger partial charge in [0, 0.05) is 23.8 Å². The molecule has 0 spiro atoms. The molecule has 0 atom stereocenters. The van der Waals surface area contributed by atoms with Crippen molar-refractivity contribution in [3.05, 3.63) is 47.6 Å². The summed E-state index contributed by atoms with van der Waals surface area (Å²) >= 11 is 7.41. The summed E-state index contributed by atoms with van der Waals surface area (Å²) < 4.78 is 37.0. The Labute approximate surface area is 172 Å². The monoisotopic (exact) mass is 439 g/mol. The van der Waals surface area contributed by atoms with Crippen LogP contribution in [-0.2, 0) is 14.8 Å². The van der Waals surface area contributed by atoms with E-state index in [1.54, 1.807) is 25.3 Å². The van der Waals surface area contributed by atoms with Gasteiger partial charge < -0.3 is 10.1 Å². The molecule has 3 aromatic rings. The molecule has 1 N–H and O–H groups in total. The fourth-order valence-corrected chi connectivity index (χ4v) is 5.01. The van der Waals surface area contributed by atoms with Crippen LogP contribution < -0.4 is 10.1 Å². The van der Waals surface area contributed by atoms with Crippen LogP contribution in [0.1, 0.15) is 6.92 Å². The maximum atomic E-state index is 12.9. The first-order valence-electron chi connectivity index (χ1n) is 8.33. The first kappa shape index (κ1) is 20.5. The maximum Gasteiger partial charge on any atom is 0.243 e. The van der Waals surface area contributed by atoms with Crippen LogP contribution >= 0.6 is 23.1 Å². The van der Waals surface area contributed by atoms with E-state index in [9.17, 15) is 13.2 Å². The van der Waals surface area contributed by atoms with Gasteiger partial charge in [0.15, 0.2) is 0 Å². The Hall–Kier alpha value is -2.20. The number of rotatable bonds is 7. The number of hydrogen-bond acceptors (Lipinski definition) is 6. The second-order valence-corrected chi connectivity index (χ2v) is 9.03. The van der Waals surface area contributed by atoms with Gasteiger partial charge in [0.1, 0.15) is 5.75 Å². The first-order valence-corrected chi connectivity index (χ1v) is 10.9. The van der Waals surface area contributed by atoms with Crippen molar-refractivity contribution in [3.8, 4) is 5.75 Å². The molecule has 0 fully saturated rings. The number of carbonyl (C=O) groups excluding carboxylic acids is 1. The van der Waals surface area contributed by atoms with E-state index in [-0.39, 0.29) is 23.0 Å². The number of sulfonamides is 1. The van der Waals surface area contributed by atoms with Crippen molar-refractivity contribution in [2.75, 3.05) is 25.5 Å². The molecule has 0 bridgehead atoms. The lowest BCUT2D eigenvalue weighted by atomic mass is 10.2. The van der Waals surface area contributed by atoms with E-state index in [2.05, 4.69) is 9.69 Å². The van der Waals surface area contributed by atoms with Crippen LogP contribution in [-0.4, -0.2) is 43.2 Å². The summed E-state index contributed by atoms with van der Waals surface area (Å²) in [6, 6.07) is 9.60. The van der Waals surface area contributed by atoms with Gasteiger partial charge in [0.2, 0.25) is 15.9 Å². The molecule has 7 nitrogen and oxygen atoms in total. The number of anilines is 1. The molecule has 148 valence electrons. The van der Waals surface area contributed by atoms with E-state index < -0.39 is 15.9 Å². The largest absolute Gasteiger partial charge is 0.495 e. The lowest BCUT2D eigenvalue weighted by molar-refractivity contribution is -0.116. The number of nitrogens with zero attached hydrogens (tertiary/aromatic N) is 2. The van der Waals surface area contributed by atoms with Crippen LogP contribution in [0.15, 0.2) is 47.5 Å². The predicted molar refractivity (Wildman–Crippen MR) is 111 cm³/mol. The van der Waals surface area contributed by atoms with Gasteiger partial charge in [-0.2, -0.15) is 8.68 Å². The SMILES string of the molecule is CCN(CC(=O)Nc1ccc2sncc2c1)S(=O)(=O)c1ccc(OC)c(Cl)c1. The number of amides is 1. The molecule has 1 heterocycles. The smallest absolute Gasteiger partial charge is 0.243 e. The average Bonchev–Trinajstić information content (AvgIpc) is 3.13. The minimum absolute atomic E-state index is 0.00119. The lowest BCUT2D eigenvalue weighted by Gasteiger charge is -2.20. The molecular formula is C18H18ClN3O4S2. The number of hydrogen-bond donors (Lipinski definition) is 1. The van der Waals surface area contributed by atoms with Gasteiger partial charge in [0.25, 0.3) is 0 Å². The van der Waals surface area contributed by atoms with Crippen molar-refractivity contribution in [1.82, 2.24) is 8.68 Å². The van der Waals surface area contributed by atoms with Crippen molar-refractivity contribution in [3.63, 3.8) is 0 Å². The fourth-order valence-electron chi connectivity index (χ4n) is 2.63. The molecule has 10 heteroatoms. The predicted octanol–water partition coefficient (Wildman–Crippen LogP) is 3.61. The van der Waals surface area contributed by atoms with E-state index in [1.807, 2.05) is 6.07 Å². The summed E-state index contributed by atoms with van der Waals surface area (Å²) in [6.45, 7) is 1.48. The van der Waals surface area contributed by atoms with Crippen molar-refractivity contribution >= 4 is 54.8 Å². The summed E-state index contributed by atoms with van der Waals surface area (Å²) in [5, 5.41) is 3.82. The molecule has 0 saturated carbocycles. The second-order valence-electron chi connectivity index (χ2n) is 5.85. The topological polar surface area (TPSA) is 88.6 Å². The molecule has 0 aliphatic carbocycles. The van der Waals surface area contributed by atoms with E-state index in [1.165, 1.54) is 36.8 Å². The zero-order valence-electron chi connectivity index (χ0n) is 15.2. The number of benzene rings is 2. The highest BCUT2D eigenvalue weighted by Gasteiger charge is 2.26. The molecule has 0 aliphatic heterocycles. The standard InChI is InChI=1S/C18H18ClN3O4S2/c1-3-22(28(24,25)14-5-6-16(26-2)15(19)9-14)11-18(23)21-13-4-7-17-12(8-13)10-20-27-17/h4-10H,3,11H2,1-2H3,(H,21,23). The number of halogens is 1. The van der Waals surface area contributed by atoms with Crippen molar-refractivity contribution in [1.29, 1.82) is 0 Å². The summed E-state index contributed by atoms with van der Waals surface area (Å²) in [7, 11) is -2.44. The quantitative estimate of drug-likeness (QED) is 0.607. The number of nitrogens with one attached hydrogen (secondary N) is 1. The second kappa shape index (κ2) is 8.44. The van der Waals surface area contributed by atoms with Crippen LogP contribution in [0.25, 0.3) is 10.1 Å². The van der Waals surface area contributed by atoms with E-state index in [4.69, 9.17) is 16.3 Å². The summed E-state index contributed by atoms with van der Waals surface area (Å²) in [4.78, 5) is 12.4. The Bertz CT molecular complexity index is 1110. The third-order valence-corrected chi connectivity index (χ3v) is 7.06. The van der Waals surface area contributed by atoms with Crippen LogP contribution in [0.3, 0.4) is 0 Å². The number of methoxy groups -OCH3 is 1. The van der Waals surface area contributed by atoms with Gasteiger partial charge in [-0.25, -0.2) is 8.42 Å². The minimum Gasteiger partial charge on any atom is -0.495 e. The van der Waals surface area contributed by atoms with Crippen LogP contribution in [0.4, 0.5) is 5.69 Å². The van der Waals surface area contributed by atoms with E-state index in [0.29, 0.717) is 11.4 Å². The Morgan fingerprint density at radius 2 is 2.07 bits per heavy atom. The Balaban J connectivity index is 1.76. The van der Waals surface area contributed by atoms with Crippen LogP contribution in [0.5, 0.6) is 5.75 Å². The molecule has 28 heavy (non-hydrogen) atoms. The van der Waals surface area contributed by atoms with Gasteiger partial charge in [-0.1, -0.05) is 18.5 Å². The molecule has 3 rings (SSSR count). The molecule has 0 aliphatic rings. The molecule has 1 aromatic heterocycles. The highest BCUT2D eigenvalue weighted by molar-refractivity contribution is 7.89. The molecule has 0 saturated heterocycles. The maximum absolute atomic E-state index is 12.9. The average molecular weight is 440 g/mol. The number of ether oxygens (including phenoxy) is 1. The Morgan fingerprint density at radius 1 is 1.29 bits per heavy atom.